The molecule has 0 spiro atoms. The van der Waals surface area contributed by atoms with Gasteiger partial charge in [0.2, 0.25) is 11.8 Å². The summed E-state index contributed by atoms with van der Waals surface area (Å²) < 4.78 is 1.77. The molecule has 178 valence electrons. The van der Waals surface area contributed by atoms with Crippen LogP contribution in [0.4, 0.5) is 0 Å². The van der Waals surface area contributed by atoms with Crippen molar-refractivity contribution >= 4 is 35.8 Å². The Morgan fingerprint density at radius 2 is 2.12 bits per heavy atom. The average Bonchev–Trinajstić information content (AvgIpc) is 2.79. The Bertz CT molecular complexity index is 1030. The number of carboxylic acids is 1. The van der Waals surface area contributed by atoms with Gasteiger partial charge in [-0.1, -0.05) is 13.0 Å². The van der Waals surface area contributed by atoms with E-state index in [9.17, 15) is 19.5 Å². The molecule has 3 heterocycles. The standard InChI is InChI=1S/C22H30N6O4S/c1-12-5-3-9-27(19(25)17(16(12)24)26-15(29)7-8-23)10-4-6-14-11-33-21-13(2)20(30)28(21)18(14)22(31)32/h4,6,9,13,21H,3,5,7-8,10-11,23-25H2,1-2H3,(H-,26,29,31,32)/p+1/b6-4+,16-12-,19-17+,27-9-/t13-,21?/m1/s1. The first-order valence-electron chi connectivity index (χ1n) is 10.8. The number of carbonyl (C=O) groups is 3. The number of carboxylic acid groups (broad SMARTS) is 1. The van der Waals surface area contributed by atoms with Crippen LogP contribution in [0.5, 0.6) is 0 Å². The van der Waals surface area contributed by atoms with Crippen LogP contribution in [0.2, 0.25) is 0 Å². The number of nitrogens with zero attached hydrogens (tertiary/aromatic N) is 2. The molecule has 2 amide bonds. The summed E-state index contributed by atoms with van der Waals surface area (Å²) in [6.07, 6.45) is 6.99. The van der Waals surface area contributed by atoms with E-state index in [1.807, 2.05) is 20.1 Å². The van der Waals surface area contributed by atoms with Gasteiger partial charge in [-0.15, -0.1) is 11.8 Å². The molecule has 3 rings (SSSR count). The number of nitrogens with two attached hydrogens (primary N) is 3. The van der Waals surface area contributed by atoms with Crippen molar-refractivity contribution in [3.63, 3.8) is 0 Å². The second-order valence-corrected chi connectivity index (χ2v) is 9.30. The summed E-state index contributed by atoms with van der Waals surface area (Å²) in [5.41, 5.74) is 20.4. The second-order valence-electron chi connectivity index (χ2n) is 8.19. The fraction of sp³-hybridized carbons (Fsp3) is 0.455. The number of amides is 2. The zero-order valence-corrected chi connectivity index (χ0v) is 19.7. The van der Waals surface area contributed by atoms with Crippen molar-refractivity contribution in [2.24, 2.45) is 23.1 Å². The third kappa shape index (κ3) is 4.98. The van der Waals surface area contributed by atoms with Gasteiger partial charge in [0, 0.05) is 25.1 Å². The van der Waals surface area contributed by atoms with Gasteiger partial charge in [0.15, 0.2) is 5.70 Å². The van der Waals surface area contributed by atoms with E-state index in [4.69, 9.17) is 17.2 Å². The smallest absolute Gasteiger partial charge is 0.352 e. The van der Waals surface area contributed by atoms with Crippen molar-refractivity contribution in [1.29, 1.82) is 0 Å². The lowest BCUT2D eigenvalue weighted by Gasteiger charge is -2.48. The quantitative estimate of drug-likeness (QED) is 0.256. The maximum absolute atomic E-state index is 12.2. The molecule has 0 radical (unpaired) electrons. The molecule has 3 aliphatic heterocycles. The van der Waals surface area contributed by atoms with Crippen molar-refractivity contribution in [2.75, 3.05) is 18.8 Å². The van der Waals surface area contributed by atoms with E-state index in [2.05, 4.69) is 5.32 Å². The van der Waals surface area contributed by atoms with Crippen molar-refractivity contribution in [2.45, 2.75) is 38.5 Å². The molecule has 0 aliphatic carbocycles. The van der Waals surface area contributed by atoms with Crippen molar-refractivity contribution < 1.29 is 24.1 Å². The number of hydrogen-bond acceptors (Lipinski definition) is 7. The Balaban J connectivity index is 1.86. The number of β-lactam (4-membered cyclic amide) rings is 1. The van der Waals surface area contributed by atoms with E-state index >= 15 is 0 Å². The van der Waals surface area contributed by atoms with Crippen molar-refractivity contribution in [3.05, 3.63) is 46.2 Å². The molecule has 0 bridgehead atoms. The predicted molar refractivity (Wildman–Crippen MR) is 126 cm³/mol. The third-order valence-electron chi connectivity index (χ3n) is 5.89. The maximum Gasteiger partial charge on any atom is 0.352 e. The molecule has 1 unspecified atom stereocenters. The van der Waals surface area contributed by atoms with Gasteiger partial charge >= 0.3 is 5.97 Å². The Morgan fingerprint density at radius 1 is 1.39 bits per heavy atom. The monoisotopic (exact) mass is 475 g/mol. The Kier molecular flexibility index (Phi) is 7.65. The van der Waals surface area contributed by atoms with E-state index < -0.39 is 5.97 Å². The highest BCUT2D eigenvalue weighted by atomic mass is 32.2. The van der Waals surface area contributed by atoms with Gasteiger partial charge in [0.1, 0.15) is 12.2 Å². The van der Waals surface area contributed by atoms with Gasteiger partial charge in [0.25, 0.3) is 5.82 Å². The number of hydrogen-bond donors (Lipinski definition) is 5. The predicted octanol–water partition coefficient (Wildman–Crippen LogP) is 0.135. The summed E-state index contributed by atoms with van der Waals surface area (Å²) in [6.45, 7) is 4.25. The first-order chi connectivity index (χ1) is 15.7. The first-order valence-corrected chi connectivity index (χ1v) is 11.8. The molecule has 11 heteroatoms. The van der Waals surface area contributed by atoms with Gasteiger partial charge in [0.05, 0.1) is 23.2 Å². The second kappa shape index (κ2) is 10.3. The lowest BCUT2D eigenvalue weighted by Crippen LogP contribution is -2.60. The van der Waals surface area contributed by atoms with Gasteiger partial charge in [-0.3, -0.25) is 20.2 Å². The van der Waals surface area contributed by atoms with Crippen LogP contribution in [0.25, 0.3) is 0 Å². The SMILES string of the molecule is C\C1=C(N)/C(NC(=O)CCN)=C(N)\[N+](C/C=C/C2=C(C(=O)O)N3C(=O)[C@@H](C)C3SC2)=C/CC1. The summed E-state index contributed by atoms with van der Waals surface area (Å²) in [6, 6.07) is 0. The van der Waals surface area contributed by atoms with Crippen LogP contribution >= 0.6 is 11.8 Å². The van der Waals surface area contributed by atoms with E-state index in [0.717, 1.165) is 5.57 Å². The van der Waals surface area contributed by atoms with Crippen LogP contribution in [0.1, 0.15) is 33.1 Å². The molecule has 8 N–H and O–H groups in total. The Labute approximate surface area is 196 Å². The lowest BCUT2D eigenvalue weighted by atomic mass is 9.97. The van der Waals surface area contributed by atoms with E-state index in [1.165, 1.54) is 4.90 Å². The summed E-state index contributed by atoms with van der Waals surface area (Å²) in [5, 5.41) is 12.3. The minimum absolute atomic E-state index is 0.0378. The van der Waals surface area contributed by atoms with Gasteiger partial charge < -0.3 is 21.9 Å². The molecule has 3 aliphatic rings. The van der Waals surface area contributed by atoms with Gasteiger partial charge in [-0.05, 0) is 30.6 Å². The molecule has 33 heavy (non-hydrogen) atoms. The minimum Gasteiger partial charge on any atom is -0.477 e. The number of allylic oxidation sites excluding steroid dienone is 2. The summed E-state index contributed by atoms with van der Waals surface area (Å²) in [5.74, 6) is -0.947. The molecule has 10 nitrogen and oxygen atoms in total. The third-order valence-corrected chi connectivity index (χ3v) is 7.33. The number of thioether (sulfide) groups is 1. The number of nitrogens with one attached hydrogen (secondary N) is 1. The van der Waals surface area contributed by atoms with E-state index in [1.54, 1.807) is 28.5 Å². The topological polar surface area (TPSA) is 168 Å². The molecule has 0 aromatic heterocycles. The van der Waals surface area contributed by atoms with Crippen LogP contribution in [-0.4, -0.2) is 62.8 Å². The van der Waals surface area contributed by atoms with E-state index in [0.29, 0.717) is 47.9 Å². The number of fused-ring (bicyclic) bond motifs is 1. The van der Waals surface area contributed by atoms with Gasteiger partial charge in [-0.2, -0.15) is 0 Å². The highest BCUT2D eigenvalue weighted by molar-refractivity contribution is 8.00. The molecule has 2 atom stereocenters. The lowest BCUT2D eigenvalue weighted by molar-refractivity contribution is -0.465. The van der Waals surface area contributed by atoms with Crippen molar-refractivity contribution in [1.82, 2.24) is 10.2 Å². The van der Waals surface area contributed by atoms with Crippen LogP contribution in [-0.2, 0) is 14.4 Å². The minimum atomic E-state index is -1.12. The Hall–Kier alpha value is -3.05. The van der Waals surface area contributed by atoms with Crippen LogP contribution < -0.4 is 22.5 Å². The number of aliphatic carboxylic acids is 1. The molecule has 1 saturated heterocycles. The van der Waals surface area contributed by atoms with Gasteiger partial charge in [-0.25, -0.2) is 9.37 Å². The highest BCUT2D eigenvalue weighted by Crippen LogP contribution is 2.43. The first kappa shape index (κ1) is 24.6. The fourth-order valence-corrected chi connectivity index (χ4v) is 5.29. The normalized spacial score (nSPS) is 29.7. The number of rotatable bonds is 7. The molecule has 0 aromatic rings. The molecular weight excluding hydrogens is 444 g/mol. The van der Waals surface area contributed by atoms with Crippen LogP contribution in [0.3, 0.4) is 0 Å². The summed E-state index contributed by atoms with van der Waals surface area (Å²) in [4.78, 5) is 37.6. The van der Waals surface area contributed by atoms with Crippen molar-refractivity contribution in [3.8, 4) is 0 Å². The molecule has 0 aromatic carbocycles. The zero-order valence-electron chi connectivity index (χ0n) is 18.8. The maximum atomic E-state index is 12.2. The average molecular weight is 476 g/mol. The van der Waals surface area contributed by atoms with E-state index in [-0.39, 0.29) is 41.8 Å². The number of carbonyl (C=O) groups excluding carboxylic acids is 2. The highest BCUT2D eigenvalue weighted by Gasteiger charge is 2.50. The fourth-order valence-electron chi connectivity index (χ4n) is 3.94. The van der Waals surface area contributed by atoms with Crippen LogP contribution in [0.15, 0.2) is 46.2 Å². The zero-order chi connectivity index (χ0) is 24.3. The Morgan fingerprint density at radius 3 is 2.79 bits per heavy atom. The summed E-state index contributed by atoms with van der Waals surface area (Å²) in [7, 11) is 0. The molecular formula is C22H31N6O4S+. The molecule has 1 fully saturated rings. The summed E-state index contributed by atoms with van der Waals surface area (Å²) >= 11 is 1.56. The van der Waals surface area contributed by atoms with Crippen LogP contribution in [0, 0.1) is 5.92 Å². The molecule has 0 saturated carbocycles. The largest absolute Gasteiger partial charge is 0.477 e.